The molecule has 1 atom stereocenters. The molecule has 0 radical (unpaired) electrons. The summed E-state index contributed by atoms with van der Waals surface area (Å²) in [7, 11) is 0. The van der Waals surface area contributed by atoms with E-state index in [-0.39, 0.29) is 18.8 Å². The molecule has 0 saturated heterocycles. The van der Waals surface area contributed by atoms with Crippen molar-refractivity contribution in [3.63, 3.8) is 0 Å². The summed E-state index contributed by atoms with van der Waals surface area (Å²) in [4.78, 5) is 0. The van der Waals surface area contributed by atoms with E-state index in [2.05, 4.69) is 9.47 Å². The number of ether oxygens (including phenoxy) is 2. The van der Waals surface area contributed by atoms with Crippen molar-refractivity contribution in [1.82, 2.24) is 0 Å². The van der Waals surface area contributed by atoms with Gasteiger partial charge in [-0.2, -0.15) is 13.2 Å². The fourth-order valence-corrected chi connectivity index (χ4v) is 1.51. The molecule has 0 amide bonds. The highest BCUT2D eigenvalue weighted by molar-refractivity contribution is 5.27. The topological polar surface area (TPSA) is 44.5 Å². The van der Waals surface area contributed by atoms with E-state index in [0.29, 0.717) is 5.56 Å². The van der Waals surface area contributed by atoms with Crippen LogP contribution >= 0.6 is 0 Å². The summed E-state index contributed by atoms with van der Waals surface area (Å²) >= 11 is 0. The molecular formula is C12H13F6NO2. The minimum absolute atomic E-state index is 0.171. The van der Waals surface area contributed by atoms with Crippen molar-refractivity contribution in [1.29, 1.82) is 0 Å². The van der Waals surface area contributed by atoms with Gasteiger partial charge in [0.1, 0.15) is 12.4 Å². The van der Waals surface area contributed by atoms with Gasteiger partial charge < -0.3 is 15.2 Å². The zero-order chi connectivity index (χ0) is 16.1. The van der Waals surface area contributed by atoms with Crippen LogP contribution in [-0.4, -0.2) is 31.8 Å². The van der Waals surface area contributed by atoms with Gasteiger partial charge in [-0.3, -0.25) is 0 Å². The quantitative estimate of drug-likeness (QED) is 0.820. The summed E-state index contributed by atoms with van der Waals surface area (Å²) < 4.78 is 79.4. The monoisotopic (exact) mass is 317 g/mol. The van der Waals surface area contributed by atoms with E-state index in [1.807, 2.05) is 0 Å². The van der Waals surface area contributed by atoms with Crippen molar-refractivity contribution in [2.75, 3.05) is 13.2 Å². The third kappa shape index (κ3) is 8.41. The van der Waals surface area contributed by atoms with Crippen molar-refractivity contribution in [3.8, 4) is 5.75 Å². The zero-order valence-electron chi connectivity index (χ0n) is 10.7. The molecule has 120 valence electrons. The van der Waals surface area contributed by atoms with Crippen molar-refractivity contribution < 1.29 is 35.8 Å². The van der Waals surface area contributed by atoms with Gasteiger partial charge in [-0.05, 0) is 24.1 Å². The Balaban J connectivity index is 2.41. The Bertz CT molecular complexity index is 429. The number of alkyl halides is 6. The molecule has 0 heterocycles. The predicted molar refractivity (Wildman–Crippen MR) is 61.7 cm³/mol. The highest BCUT2D eigenvalue weighted by Gasteiger charge is 2.31. The maximum Gasteiger partial charge on any atom is 0.573 e. The summed E-state index contributed by atoms with van der Waals surface area (Å²) in [6, 6.07) is 4.22. The fourth-order valence-electron chi connectivity index (χ4n) is 1.51. The van der Waals surface area contributed by atoms with Crippen LogP contribution in [0.1, 0.15) is 5.56 Å². The molecule has 0 bridgehead atoms. The molecule has 0 aliphatic heterocycles. The second kappa shape index (κ2) is 6.99. The third-order valence-electron chi connectivity index (χ3n) is 2.25. The van der Waals surface area contributed by atoms with E-state index in [9.17, 15) is 26.3 Å². The van der Waals surface area contributed by atoms with Gasteiger partial charge in [0, 0.05) is 6.04 Å². The Hall–Kier alpha value is -1.48. The minimum Gasteiger partial charge on any atom is -0.406 e. The Kier molecular flexibility index (Phi) is 5.85. The number of hydrogen-bond acceptors (Lipinski definition) is 3. The van der Waals surface area contributed by atoms with Crippen LogP contribution in [0.2, 0.25) is 0 Å². The summed E-state index contributed by atoms with van der Waals surface area (Å²) in [5.74, 6) is -0.381. The molecule has 2 N–H and O–H groups in total. The smallest absolute Gasteiger partial charge is 0.406 e. The fraction of sp³-hybridized carbons (Fsp3) is 0.500. The van der Waals surface area contributed by atoms with Gasteiger partial charge in [0.2, 0.25) is 0 Å². The lowest BCUT2D eigenvalue weighted by molar-refractivity contribution is -0.274. The number of hydrogen-bond donors (Lipinski definition) is 1. The van der Waals surface area contributed by atoms with Gasteiger partial charge in [-0.25, -0.2) is 0 Å². The summed E-state index contributed by atoms with van der Waals surface area (Å²) in [5, 5.41) is 0. The lowest BCUT2D eigenvalue weighted by Crippen LogP contribution is -2.31. The zero-order valence-corrected chi connectivity index (χ0v) is 10.7. The van der Waals surface area contributed by atoms with Crippen LogP contribution in [0.4, 0.5) is 26.3 Å². The number of rotatable bonds is 6. The van der Waals surface area contributed by atoms with Crippen LogP contribution in [0.3, 0.4) is 0 Å². The van der Waals surface area contributed by atoms with Crippen LogP contribution < -0.4 is 10.5 Å². The molecule has 1 aromatic carbocycles. The molecule has 3 nitrogen and oxygen atoms in total. The van der Waals surface area contributed by atoms with Crippen molar-refractivity contribution in [2.45, 2.75) is 25.0 Å². The Morgan fingerprint density at radius 3 is 2.05 bits per heavy atom. The van der Waals surface area contributed by atoms with Crippen LogP contribution in [0.25, 0.3) is 0 Å². The first-order chi connectivity index (χ1) is 9.55. The van der Waals surface area contributed by atoms with Gasteiger partial charge in [-0.15, -0.1) is 13.2 Å². The first kappa shape index (κ1) is 17.6. The van der Waals surface area contributed by atoms with Crippen LogP contribution in [-0.2, 0) is 11.2 Å². The van der Waals surface area contributed by atoms with E-state index in [0.717, 1.165) is 12.1 Å². The molecule has 1 unspecified atom stereocenters. The van der Waals surface area contributed by atoms with Gasteiger partial charge in [-0.1, -0.05) is 12.1 Å². The summed E-state index contributed by atoms with van der Waals surface area (Å²) in [6.07, 6.45) is -9.02. The van der Waals surface area contributed by atoms with Crippen molar-refractivity contribution in [2.24, 2.45) is 5.73 Å². The van der Waals surface area contributed by atoms with Crippen LogP contribution in [0, 0.1) is 0 Å². The molecule has 0 spiro atoms. The largest absolute Gasteiger partial charge is 0.573 e. The molecule has 1 rings (SSSR count). The first-order valence-corrected chi connectivity index (χ1v) is 5.80. The molecule has 1 aromatic rings. The van der Waals surface area contributed by atoms with Crippen molar-refractivity contribution in [3.05, 3.63) is 29.8 Å². The van der Waals surface area contributed by atoms with Crippen LogP contribution in [0.5, 0.6) is 5.75 Å². The van der Waals surface area contributed by atoms with Gasteiger partial charge in [0.25, 0.3) is 0 Å². The van der Waals surface area contributed by atoms with E-state index in [4.69, 9.17) is 5.73 Å². The number of nitrogens with two attached hydrogens (primary N) is 1. The van der Waals surface area contributed by atoms with E-state index in [1.165, 1.54) is 12.1 Å². The minimum atomic E-state index is -4.77. The number of benzene rings is 1. The standard InChI is InChI=1S/C12H13F6NO2/c13-11(14,15)7-20-6-9(19)5-8-1-3-10(4-2-8)21-12(16,17)18/h1-4,9H,5-7,19H2. The van der Waals surface area contributed by atoms with Crippen molar-refractivity contribution >= 4 is 0 Å². The molecule has 0 aliphatic carbocycles. The normalized spacial score (nSPS) is 14.0. The van der Waals surface area contributed by atoms with Gasteiger partial charge in [0.15, 0.2) is 0 Å². The predicted octanol–water partition coefficient (Wildman–Crippen LogP) is 3.03. The van der Waals surface area contributed by atoms with Gasteiger partial charge in [0.05, 0.1) is 6.61 Å². The Labute approximate surface area is 116 Å². The molecule has 0 aliphatic rings. The summed E-state index contributed by atoms with van der Waals surface area (Å²) in [5.41, 5.74) is 6.13. The molecule has 0 saturated carbocycles. The van der Waals surface area contributed by atoms with Gasteiger partial charge >= 0.3 is 12.5 Å². The maximum absolute atomic E-state index is 11.9. The number of halogens is 6. The average Bonchev–Trinajstić information content (AvgIpc) is 2.28. The highest BCUT2D eigenvalue weighted by atomic mass is 19.4. The molecular weight excluding hydrogens is 304 g/mol. The summed E-state index contributed by atoms with van der Waals surface area (Å²) in [6.45, 7) is -1.70. The second-order valence-electron chi connectivity index (χ2n) is 4.29. The van der Waals surface area contributed by atoms with E-state index >= 15 is 0 Å². The Morgan fingerprint density at radius 1 is 1.00 bits per heavy atom. The molecule has 21 heavy (non-hydrogen) atoms. The SMILES string of the molecule is NC(COCC(F)(F)F)Cc1ccc(OC(F)(F)F)cc1. The highest BCUT2D eigenvalue weighted by Crippen LogP contribution is 2.23. The third-order valence-corrected chi connectivity index (χ3v) is 2.25. The van der Waals surface area contributed by atoms with Crippen LogP contribution in [0.15, 0.2) is 24.3 Å². The molecule has 0 aromatic heterocycles. The van der Waals surface area contributed by atoms with E-state index in [1.54, 1.807) is 0 Å². The molecule has 9 heteroatoms. The molecule has 0 fully saturated rings. The second-order valence-corrected chi connectivity index (χ2v) is 4.29. The first-order valence-electron chi connectivity index (χ1n) is 5.80. The Morgan fingerprint density at radius 2 is 1.57 bits per heavy atom. The average molecular weight is 317 g/mol. The lowest BCUT2D eigenvalue weighted by Gasteiger charge is -2.14. The maximum atomic E-state index is 11.9. The lowest BCUT2D eigenvalue weighted by atomic mass is 10.1. The van der Waals surface area contributed by atoms with E-state index < -0.39 is 25.2 Å².